The zero-order valence-corrected chi connectivity index (χ0v) is 22.0. The third kappa shape index (κ3) is 5.92. The Hall–Kier alpha value is -2.30. The van der Waals surface area contributed by atoms with Gasteiger partial charge in [-0.15, -0.1) is 11.3 Å². The molecule has 1 N–H and O–H groups in total. The highest BCUT2D eigenvalue weighted by Gasteiger charge is 2.25. The summed E-state index contributed by atoms with van der Waals surface area (Å²) in [7, 11) is 0. The minimum atomic E-state index is -0.257. The summed E-state index contributed by atoms with van der Waals surface area (Å²) in [5, 5.41) is 3.45. The zero-order chi connectivity index (χ0) is 24.9. The van der Waals surface area contributed by atoms with Crippen LogP contribution < -0.4 is 10.9 Å². The van der Waals surface area contributed by atoms with Crippen molar-refractivity contribution in [2.24, 2.45) is 0 Å². The van der Waals surface area contributed by atoms with E-state index in [0.29, 0.717) is 27.2 Å². The van der Waals surface area contributed by atoms with E-state index in [9.17, 15) is 14.4 Å². The van der Waals surface area contributed by atoms with Gasteiger partial charge in [0, 0.05) is 45.3 Å². The molecule has 2 aliphatic rings. The number of carbonyl (C=O) groups excluding carboxylic acids is 2. The van der Waals surface area contributed by atoms with Crippen molar-refractivity contribution in [3.8, 4) is 0 Å². The van der Waals surface area contributed by atoms with Crippen molar-refractivity contribution in [3.05, 3.63) is 27.1 Å². The van der Waals surface area contributed by atoms with Crippen LogP contribution in [0.25, 0.3) is 10.2 Å². The van der Waals surface area contributed by atoms with Crippen LogP contribution in [-0.2, 0) is 11.3 Å². The third-order valence-corrected chi connectivity index (χ3v) is 8.60. The molecule has 2 saturated heterocycles. The predicted octanol–water partition coefficient (Wildman–Crippen LogP) is 1.92. The number of likely N-dealkylation sites (tertiary alicyclic amines) is 1. The maximum atomic E-state index is 13.2. The van der Waals surface area contributed by atoms with Crippen molar-refractivity contribution in [2.45, 2.75) is 59.0 Å². The topological polar surface area (TPSA) is 90.8 Å². The lowest BCUT2D eigenvalue weighted by Gasteiger charge is -2.33. The quantitative estimate of drug-likeness (QED) is 0.555. The molecule has 0 spiro atoms. The first-order valence-electron chi connectivity index (χ1n) is 12.9. The minimum Gasteiger partial charge on any atom is -0.351 e. The first-order valence-corrected chi connectivity index (χ1v) is 13.7. The Kier molecular flexibility index (Phi) is 8.56. The van der Waals surface area contributed by atoms with E-state index in [1.165, 1.54) is 22.2 Å². The summed E-state index contributed by atoms with van der Waals surface area (Å²) in [5.41, 5.74) is 0.385. The van der Waals surface area contributed by atoms with E-state index in [1.54, 1.807) is 6.92 Å². The van der Waals surface area contributed by atoms with Gasteiger partial charge >= 0.3 is 0 Å². The van der Waals surface area contributed by atoms with Gasteiger partial charge < -0.3 is 20.0 Å². The number of hydrogen-bond donors (Lipinski definition) is 1. The number of piperidine rings is 1. The lowest BCUT2D eigenvalue weighted by Crippen LogP contribution is -2.46. The summed E-state index contributed by atoms with van der Waals surface area (Å²) in [6.45, 7) is 13.8. The Morgan fingerprint density at radius 3 is 2.60 bits per heavy atom. The molecule has 1 atom stereocenters. The van der Waals surface area contributed by atoms with Crippen molar-refractivity contribution in [3.63, 3.8) is 0 Å². The Morgan fingerprint density at radius 1 is 1.14 bits per heavy atom. The SMILES string of the molecule is CCN1CCN(CCCNC(=O)c2sc3ncn(CC(=O)N4CCCC[C@H]4C)c(=O)c3c2C)CC1. The molecule has 9 nitrogen and oxygen atoms in total. The monoisotopic (exact) mass is 502 g/mol. The van der Waals surface area contributed by atoms with Gasteiger partial charge in [0.2, 0.25) is 5.91 Å². The van der Waals surface area contributed by atoms with Crippen molar-refractivity contribution < 1.29 is 9.59 Å². The van der Waals surface area contributed by atoms with Crippen LogP contribution in [0.4, 0.5) is 0 Å². The normalized spacial score (nSPS) is 19.9. The predicted molar refractivity (Wildman–Crippen MR) is 139 cm³/mol. The van der Waals surface area contributed by atoms with E-state index >= 15 is 0 Å². The van der Waals surface area contributed by atoms with Gasteiger partial charge in [-0.3, -0.25) is 19.0 Å². The van der Waals surface area contributed by atoms with Crippen LogP contribution in [0.5, 0.6) is 0 Å². The number of likely N-dealkylation sites (N-methyl/N-ethyl adjacent to an activating group) is 1. The van der Waals surface area contributed by atoms with Gasteiger partial charge in [-0.2, -0.15) is 0 Å². The summed E-state index contributed by atoms with van der Waals surface area (Å²) in [5.74, 6) is -0.215. The summed E-state index contributed by atoms with van der Waals surface area (Å²) in [6, 6.07) is 0.197. The van der Waals surface area contributed by atoms with Crippen molar-refractivity contribution >= 4 is 33.4 Å². The summed E-state index contributed by atoms with van der Waals surface area (Å²) in [6.07, 6.45) is 5.46. The van der Waals surface area contributed by atoms with Crippen LogP contribution in [0.1, 0.15) is 54.8 Å². The molecule has 4 heterocycles. The van der Waals surface area contributed by atoms with Gasteiger partial charge in [0.05, 0.1) is 16.6 Å². The van der Waals surface area contributed by atoms with Gasteiger partial charge in [-0.1, -0.05) is 6.92 Å². The highest BCUT2D eigenvalue weighted by molar-refractivity contribution is 7.20. The van der Waals surface area contributed by atoms with Crippen LogP contribution in [0.2, 0.25) is 0 Å². The largest absolute Gasteiger partial charge is 0.351 e. The van der Waals surface area contributed by atoms with E-state index in [0.717, 1.165) is 71.5 Å². The number of thiophene rings is 1. The van der Waals surface area contributed by atoms with E-state index in [-0.39, 0.29) is 30.0 Å². The highest BCUT2D eigenvalue weighted by atomic mass is 32.1. The molecule has 2 aromatic heterocycles. The van der Waals surface area contributed by atoms with Crippen molar-refractivity contribution in [2.75, 3.05) is 52.4 Å². The summed E-state index contributed by atoms with van der Waals surface area (Å²) >= 11 is 1.24. The van der Waals surface area contributed by atoms with Crippen LogP contribution in [0.3, 0.4) is 0 Å². The average Bonchev–Trinajstić information content (AvgIpc) is 3.21. The number of aryl methyl sites for hydroxylation is 1. The molecule has 4 rings (SSSR count). The molecule has 0 unspecified atom stereocenters. The molecule has 2 aromatic rings. The van der Waals surface area contributed by atoms with E-state index in [1.807, 2.05) is 4.90 Å². The lowest BCUT2D eigenvalue weighted by molar-refractivity contribution is -0.135. The van der Waals surface area contributed by atoms with Gasteiger partial charge in [-0.25, -0.2) is 4.98 Å². The van der Waals surface area contributed by atoms with Crippen molar-refractivity contribution in [1.29, 1.82) is 0 Å². The molecule has 2 amide bonds. The summed E-state index contributed by atoms with van der Waals surface area (Å²) in [4.78, 5) is 51.1. The fourth-order valence-electron chi connectivity index (χ4n) is 5.11. The summed E-state index contributed by atoms with van der Waals surface area (Å²) < 4.78 is 1.38. The van der Waals surface area contributed by atoms with Crippen LogP contribution in [0, 0.1) is 6.92 Å². The maximum absolute atomic E-state index is 13.2. The molecule has 35 heavy (non-hydrogen) atoms. The zero-order valence-electron chi connectivity index (χ0n) is 21.2. The molecular formula is C25H38N6O3S. The molecule has 0 aliphatic carbocycles. The minimum absolute atomic E-state index is 0.0184. The number of aromatic nitrogens is 2. The highest BCUT2D eigenvalue weighted by Crippen LogP contribution is 2.26. The van der Waals surface area contributed by atoms with Crippen LogP contribution in [0.15, 0.2) is 11.1 Å². The van der Waals surface area contributed by atoms with E-state index in [4.69, 9.17) is 0 Å². The number of hydrogen-bond acceptors (Lipinski definition) is 7. The smallest absolute Gasteiger partial charge is 0.262 e. The first-order chi connectivity index (χ1) is 16.9. The molecular weight excluding hydrogens is 464 g/mol. The van der Waals surface area contributed by atoms with Gasteiger partial charge in [0.25, 0.3) is 11.5 Å². The number of carbonyl (C=O) groups is 2. The Labute approximate surface area is 211 Å². The third-order valence-electron chi connectivity index (χ3n) is 7.40. The average molecular weight is 503 g/mol. The van der Waals surface area contributed by atoms with Crippen molar-refractivity contribution in [1.82, 2.24) is 29.6 Å². The number of nitrogens with one attached hydrogen (secondary N) is 1. The molecule has 0 radical (unpaired) electrons. The molecule has 192 valence electrons. The molecule has 10 heteroatoms. The molecule has 0 bridgehead atoms. The van der Waals surface area contributed by atoms with Crippen LogP contribution in [-0.4, -0.2) is 94.5 Å². The molecule has 2 aliphatic heterocycles. The number of amides is 2. The van der Waals surface area contributed by atoms with E-state index < -0.39 is 0 Å². The Balaban J connectivity index is 1.36. The number of piperazine rings is 1. The maximum Gasteiger partial charge on any atom is 0.262 e. The van der Waals surface area contributed by atoms with Gasteiger partial charge in [-0.05, 0) is 58.2 Å². The van der Waals surface area contributed by atoms with Gasteiger partial charge in [0.15, 0.2) is 0 Å². The molecule has 0 saturated carbocycles. The van der Waals surface area contributed by atoms with Gasteiger partial charge in [0.1, 0.15) is 11.4 Å². The Bertz CT molecular complexity index is 1100. The Morgan fingerprint density at radius 2 is 1.89 bits per heavy atom. The number of fused-ring (bicyclic) bond motifs is 1. The first kappa shape index (κ1) is 25.8. The van der Waals surface area contributed by atoms with Crippen LogP contribution >= 0.6 is 11.3 Å². The molecule has 2 fully saturated rings. The van der Waals surface area contributed by atoms with E-state index in [2.05, 4.69) is 33.9 Å². The second-order valence-corrected chi connectivity index (χ2v) is 10.7. The second-order valence-electron chi connectivity index (χ2n) is 9.73. The number of rotatable bonds is 8. The fraction of sp³-hybridized carbons (Fsp3) is 0.680. The fourth-order valence-corrected chi connectivity index (χ4v) is 6.16. The standard InChI is InChI=1S/C25H38N6O3S/c1-4-28-12-14-29(15-13-28)10-7-9-26-23(33)22-19(3)21-24(35-22)27-17-30(25(21)34)16-20(32)31-11-6-5-8-18(31)2/h17-18H,4-16H2,1-3H3,(H,26,33)/t18-/m1/s1. The lowest BCUT2D eigenvalue weighted by atomic mass is 10.0. The molecule has 0 aromatic carbocycles. The second kappa shape index (κ2) is 11.6. The number of nitrogens with zero attached hydrogens (tertiary/aromatic N) is 5.